The summed E-state index contributed by atoms with van der Waals surface area (Å²) in [5.74, 6) is 0.0201. The Labute approximate surface area is 114 Å². The number of aryl methyl sites for hydroxylation is 2. The molecule has 1 saturated heterocycles. The highest BCUT2D eigenvalue weighted by Gasteiger charge is 2.30. The van der Waals surface area contributed by atoms with Crippen molar-refractivity contribution >= 4 is 5.91 Å². The van der Waals surface area contributed by atoms with Gasteiger partial charge in [0.05, 0.1) is 25.4 Å². The van der Waals surface area contributed by atoms with E-state index in [0.717, 1.165) is 16.7 Å². The van der Waals surface area contributed by atoms with Crippen molar-refractivity contribution in [2.45, 2.75) is 32.9 Å². The first-order valence-electron chi connectivity index (χ1n) is 6.63. The second kappa shape index (κ2) is 5.72. The maximum absolute atomic E-state index is 12.6. The van der Waals surface area contributed by atoms with E-state index < -0.39 is 0 Å². The average molecular weight is 263 g/mol. The van der Waals surface area contributed by atoms with E-state index in [1.54, 1.807) is 4.90 Å². The van der Waals surface area contributed by atoms with E-state index in [0.29, 0.717) is 13.2 Å². The molecule has 2 rings (SSSR count). The smallest absolute Gasteiger partial charge is 0.254 e. The SMILES string of the molecule is Cc1ccc(C(=O)N2CC(CO)OCC2C)c(C)c1. The Morgan fingerprint density at radius 3 is 2.84 bits per heavy atom. The van der Waals surface area contributed by atoms with Gasteiger partial charge in [-0.1, -0.05) is 17.7 Å². The van der Waals surface area contributed by atoms with Crippen LogP contribution in [0.5, 0.6) is 0 Å². The third-order valence-corrected chi connectivity index (χ3v) is 3.58. The zero-order valence-electron chi connectivity index (χ0n) is 11.7. The van der Waals surface area contributed by atoms with Crippen LogP contribution in [-0.2, 0) is 4.74 Å². The van der Waals surface area contributed by atoms with E-state index in [9.17, 15) is 9.90 Å². The monoisotopic (exact) mass is 263 g/mol. The van der Waals surface area contributed by atoms with Crippen LogP contribution in [0.25, 0.3) is 0 Å². The maximum Gasteiger partial charge on any atom is 0.254 e. The highest BCUT2D eigenvalue weighted by molar-refractivity contribution is 5.96. The van der Waals surface area contributed by atoms with Crippen LogP contribution >= 0.6 is 0 Å². The summed E-state index contributed by atoms with van der Waals surface area (Å²) in [6, 6.07) is 5.89. The highest BCUT2D eigenvalue weighted by Crippen LogP contribution is 2.18. The molecule has 19 heavy (non-hydrogen) atoms. The number of nitrogens with zero attached hydrogens (tertiary/aromatic N) is 1. The van der Waals surface area contributed by atoms with E-state index >= 15 is 0 Å². The Bertz CT molecular complexity index is 472. The minimum Gasteiger partial charge on any atom is -0.394 e. The number of aliphatic hydroxyl groups excluding tert-OH is 1. The largest absolute Gasteiger partial charge is 0.394 e. The molecule has 1 aliphatic heterocycles. The number of carbonyl (C=O) groups is 1. The van der Waals surface area contributed by atoms with Crippen LogP contribution in [0.4, 0.5) is 0 Å². The van der Waals surface area contributed by atoms with Gasteiger partial charge < -0.3 is 14.7 Å². The topological polar surface area (TPSA) is 49.8 Å². The third kappa shape index (κ3) is 2.96. The number of amides is 1. The number of ether oxygens (including phenoxy) is 1. The second-order valence-electron chi connectivity index (χ2n) is 5.26. The summed E-state index contributed by atoms with van der Waals surface area (Å²) in [6.45, 7) is 6.80. The Hall–Kier alpha value is -1.39. The predicted molar refractivity (Wildman–Crippen MR) is 73.2 cm³/mol. The molecule has 0 radical (unpaired) electrons. The van der Waals surface area contributed by atoms with Crippen LogP contribution in [0, 0.1) is 13.8 Å². The van der Waals surface area contributed by atoms with E-state index in [4.69, 9.17) is 4.74 Å². The lowest BCUT2D eigenvalue weighted by Crippen LogP contribution is -2.52. The Kier molecular flexibility index (Phi) is 4.22. The summed E-state index contributed by atoms with van der Waals surface area (Å²) in [7, 11) is 0. The van der Waals surface area contributed by atoms with Gasteiger partial charge in [-0.15, -0.1) is 0 Å². The van der Waals surface area contributed by atoms with Crippen molar-refractivity contribution in [2.75, 3.05) is 19.8 Å². The van der Waals surface area contributed by atoms with E-state index in [-0.39, 0.29) is 24.7 Å². The van der Waals surface area contributed by atoms with Crippen molar-refractivity contribution in [3.8, 4) is 0 Å². The molecule has 4 nitrogen and oxygen atoms in total. The number of rotatable bonds is 2. The molecule has 0 saturated carbocycles. The van der Waals surface area contributed by atoms with Gasteiger partial charge >= 0.3 is 0 Å². The predicted octanol–water partition coefficient (Wildman–Crippen LogP) is 1.53. The lowest BCUT2D eigenvalue weighted by Gasteiger charge is -2.37. The van der Waals surface area contributed by atoms with Crippen molar-refractivity contribution in [1.82, 2.24) is 4.90 Å². The van der Waals surface area contributed by atoms with Crippen LogP contribution in [0.2, 0.25) is 0 Å². The van der Waals surface area contributed by atoms with Gasteiger partial charge in [-0.05, 0) is 32.4 Å². The molecule has 1 fully saturated rings. The summed E-state index contributed by atoms with van der Waals surface area (Å²) in [5.41, 5.74) is 2.87. The number of benzene rings is 1. The fraction of sp³-hybridized carbons (Fsp3) is 0.533. The minimum absolute atomic E-state index is 0.0201. The first-order valence-corrected chi connectivity index (χ1v) is 6.63. The molecule has 2 unspecified atom stereocenters. The zero-order valence-corrected chi connectivity index (χ0v) is 11.7. The summed E-state index contributed by atoms with van der Waals surface area (Å²) in [6.07, 6.45) is -0.272. The number of morpholine rings is 1. The molecule has 0 aromatic heterocycles. The molecular formula is C15H21NO3. The van der Waals surface area contributed by atoms with E-state index in [1.807, 2.05) is 39.0 Å². The molecule has 0 aliphatic carbocycles. The lowest BCUT2D eigenvalue weighted by atomic mass is 10.0. The van der Waals surface area contributed by atoms with Gasteiger partial charge in [0.15, 0.2) is 0 Å². The summed E-state index contributed by atoms with van der Waals surface area (Å²) in [5, 5.41) is 9.18. The van der Waals surface area contributed by atoms with Crippen molar-refractivity contribution in [3.05, 3.63) is 34.9 Å². The van der Waals surface area contributed by atoms with E-state index in [2.05, 4.69) is 0 Å². The van der Waals surface area contributed by atoms with Crippen LogP contribution in [0.1, 0.15) is 28.4 Å². The maximum atomic E-state index is 12.6. The van der Waals surface area contributed by atoms with Crippen LogP contribution in [-0.4, -0.2) is 47.8 Å². The van der Waals surface area contributed by atoms with Crippen LogP contribution < -0.4 is 0 Å². The molecule has 0 spiro atoms. The fourth-order valence-corrected chi connectivity index (χ4v) is 2.42. The molecule has 104 valence electrons. The van der Waals surface area contributed by atoms with Crippen molar-refractivity contribution in [1.29, 1.82) is 0 Å². The molecule has 1 heterocycles. The van der Waals surface area contributed by atoms with Crippen LogP contribution in [0.3, 0.4) is 0 Å². The van der Waals surface area contributed by atoms with Gasteiger partial charge in [0.1, 0.15) is 0 Å². The summed E-state index contributed by atoms with van der Waals surface area (Å²) >= 11 is 0. The first-order chi connectivity index (χ1) is 9.02. The van der Waals surface area contributed by atoms with Gasteiger partial charge in [-0.25, -0.2) is 0 Å². The zero-order chi connectivity index (χ0) is 14.0. The Balaban J connectivity index is 2.22. The van der Waals surface area contributed by atoms with Crippen molar-refractivity contribution < 1.29 is 14.6 Å². The quantitative estimate of drug-likeness (QED) is 0.880. The molecule has 1 amide bonds. The van der Waals surface area contributed by atoms with Gasteiger partial charge in [0.2, 0.25) is 0 Å². The molecule has 1 aliphatic rings. The number of hydrogen-bond acceptors (Lipinski definition) is 3. The fourth-order valence-electron chi connectivity index (χ4n) is 2.42. The number of aliphatic hydroxyl groups is 1. The molecule has 1 aromatic rings. The average Bonchev–Trinajstić information content (AvgIpc) is 2.38. The minimum atomic E-state index is -0.272. The van der Waals surface area contributed by atoms with Crippen molar-refractivity contribution in [3.63, 3.8) is 0 Å². The molecule has 1 N–H and O–H groups in total. The second-order valence-corrected chi connectivity index (χ2v) is 5.26. The van der Waals surface area contributed by atoms with Crippen molar-refractivity contribution in [2.24, 2.45) is 0 Å². The number of carbonyl (C=O) groups excluding carboxylic acids is 1. The molecular weight excluding hydrogens is 242 g/mol. The highest BCUT2D eigenvalue weighted by atomic mass is 16.5. The van der Waals surface area contributed by atoms with Gasteiger partial charge in [-0.2, -0.15) is 0 Å². The first kappa shape index (κ1) is 14.0. The summed E-state index contributed by atoms with van der Waals surface area (Å²) < 4.78 is 5.46. The Morgan fingerprint density at radius 2 is 2.21 bits per heavy atom. The van der Waals surface area contributed by atoms with Gasteiger partial charge in [0, 0.05) is 12.1 Å². The van der Waals surface area contributed by atoms with E-state index in [1.165, 1.54) is 0 Å². The molecule has 4 heteroatoms. The standard InChI is InChI=1S/C15H21NO3/c1-10-4-5-14(11(2)6-10)15(18)16-7-13(8-17)19-9-12(16)3/h4-6,12-13,17H,7-9H2,1-3H3. The molecule has 2 atom stereocenters. The molecule has 0 bridgehead atoms. The third-order valence-electron chi connectivity index (χ3n) is 3.58. The normalized spacial score (nSPS) is 23.5. The molecule has 1 aromatic carbocycles. The lowest BCUT2D eigenvalue weighted by molar-refractivity contribution is -0.0667. The van der Waals surface area contributed by atoms with Gasteiger partial charge in [0.25, 0.3) is 5.91 Å². The Morgan fingerprint density at radius 1 is 1.47 bits per heavy atom. The number of hydrogen-bond donors (Lipinski definition) is 1. The van der Waals surface area contributed by atoms with Gasteiger partial charge in [-0.3, -0.25) is 4.79 Å². The summed E-state index contributed by atoms with van der Waals surface area (Å²) in [4.78, 5) is 14.4. The van der Waals surface area contributed by atoms with Crippen LogP contribution in [0.15, 0.2) is 18.2 Å².